The number of carbonyl (C=O) groups is 1. The van der Waals surface area contributed by atoms with Crippen LogP contribution in [0.3, 0.4) is 0 Å². The lowest BCUT2D eigenvalue weighted by molar-refractivity contribution is -0.135. The summed E-state index contributed by atoms with van der Waals surface area (Å²) in [6.07, 6.45) is 1.03. The zero-order valence-corrected chi connectivity index (χ0v) is 11.6. The van der Waals surface area contributed by atoms with E-state index in [0.29, 0.717) is 6.04 Å². The molecule has 1 aliphatic heterocycles. The zero-order chi connectivity index (χ0) is 13.3. The fraction of sp³-hybridized carbons (Fsp3) is 0.692. The van der Waals surface area contributed by atoms with Crippen LogP contribution in [0.15, 0.2) is 6.07 Å². The van der Waals surface area contributed by atoms with Crippen LogP contribution >= 0.6 is 0 Å². The van der Waals surface area contributed by atoms with Crippen molar-refractivity contribution in [3.8, 4) is 0 Å². The molecule has 5 nitrogen and oxygen atoms in total. The summed E-state index contributed by atoms with van der Waals surface area (Å²) >= 11 is 0. The summed E-state index contributed by atoms with van der Waals surface area (Å²) in [7, 11) is 1.89. The number of nitrogens with one attached hydrogen (secondary N) is 1. The minimum Gasteiger partial charge on any atom is -0.340 e. The van der Waals surface area contributed by atoms with E-state index in [1.165, 1.54) is 0 Å². The second-order valence-corrected chi connectivity index (χ2v) is 5.14. The molecule has 18 heavy (non-hydrogen) atoms. The average Bonchev–Trinajstić information content (AvgIpc) is 2.96. The van der Waals surface area contributed by atoms with Gasteiger partial charge in [0, 0.05) is 25.3 Å². The van der Waals surface area contributed by atoms with Gasteiger partial charge in [-0.3, -0.25) is 9.48 Å². The maximum Gasteiger partial charge on any atom is 0.247 e. The maximum absolute atomic E-state index is 12.4. The topological polar surface area (TPSA) is 50.2 Å². The predicted molar refractivity (Wildman–Crippen MR) is 70.5 cm³/mol. The van der Waals surface area contributed by atoms with Crippen molar-refractivity contribution in [3.05, 3.63) is 17.5 Å². The molecule has 0 spiro atoms. The van der Waals surface area contributed by atoms with Crippen molar-refractivity contribution < 1.29 is 4.79 Å². The first kappa shape index (κ1) is 13.1. The van der Waals surface area contributed by atoms with Gasteiger partial charge in [-0.15, -0.1) is 0 Å². The van der Waals surface area contributed by atoms with Gasteiger partial charge in [0.05, 0.1) is 5.69 Å². The molecule has 2 atom stereocenters. The number of hydrogen-bond donors (Lipinski definition) is 1. The summed E-state index contributed by atoms with van der Waals surface area (Å²) in [5, 5.41) is 7.68. The highest BCUT2D eigenvalue weighted by Gasteiger charge is 2.28. The van der Waals surface area contributed by atoms with Gasteiger partial charge < -0.3 is 10.2 Å². The Labute approximate surface area is 108 Å². The summed E-state index contributed by atoms with van der Waals surface area (Å²) in [4.78, 5) is 14.3. The largest absolute Gasteiger partial charge is 0.340 e. The van der Waals surface area contributed by atoms with E-state index in [0.717, 1.165) is 30.9 Å². The van der Waals surface area contributed by atoms with Gasteiger partial charge in [0.1, 0.15) is 6.04 Å². The molecule has 2 heterocycles. The zero-order valence-electron chi connectivity index (χ0n) is 11.6. The van der Waals surface area contributed by atoms with E-state index in [1.807, 2.05) is 43.5 Å². The maximum atomic E-state index is 12.4. The number of hydrogen-bond acceptors (Lipinski definition) is 3. The molecular formula is C13H22N4O. The lowest BCUT2D eigenvalue weighted by atomic mass is 10.2. The molecule has 0 aromatic carbocycles. The molecule has 1 aliphatic rings. The van der Waals surface area contributed by atoms with Crippen molar-refractivity contribution in [2.75, 3.05) is 20.1 Å². The first-order valence-electron chi connectivity index (χ1n) is 6.51. The summed E-state index contributed by atoms with van der Waals surface area (Å²) in [6.45, 7) is 7.75. The van der Waals surface area contributed by atoms with Crippen LogP contribution in [-0.2, 0) is 4.79 Å². The van der Waals surface area contributed by atoms with E-state index >= 15 is 0 Å². The first-order valence-corrected chi connectivity index (χ1v) is 6.51. The van der Waals surface area contributed by atoms with Gasteiger partial charge in [-0.2, -0.15) is 5.10 Å². The van der Waals surface area contributed by atoms with Crippen LogP contribution in [-0.4, -0.2) is 46.8 Å². The number of carbonyl (C=O) groups excluding carboxylic acids is 1. The van der Waals surface area contributed by atoms with E-state index in [4.69, 9.17) is 0 Å². The fourth-order valence-corrected chi connectivity index (χ4v) is 2.59. The molecule has 2 rings (SSSR count). The van der Waals surface area contributed by atoms with Crippen molar-refractivity contribution in [2.45, 2.75) is 39.3 Å². The normalized spacial score (nSPS) is 21.0. The van der Waals surface area contributed by atoms with Crippen molar-refractivity contribution in [2.24, 2.45) is 0 Å². The van der Waals surface area contributed by atoms with Gasteiger partial charge >= 0.3 is 0 Å². The number of rotatable bonds is 3. The number of amides is 1. The smallest absolute Gasteiger partial charge is 0.247 e. The average molecular weight is 250 g/mol. The molecule has 0 bridgehead atoms. The SMILES string of the molecule is Cc1cc(C)n([C@@H](C)C(=O)N(C)[C@H]2CCNC2)n1. The Balaban J connectivity index is 2.10. The van der Waals surface area contributed by atoms with E-state index in [-0.39, 0.29) is 11.9 Å². The Kier molecular flexibility index (Phi) is 3.71. The molecule has 1 N–H and O–H groups in total. The van der Waals surface area contributed by atoms with Gasteiger partial charge in [-0.1, -0.05) is 0 Å². The quantitative estimate of drug-likeness (QED) is 0.866. The molecule has 0 aliphatic carbocycles. The van der Waals surface area contributed by atoms with Crippen LogP contribution in [0.25, 0.3) is 0 Å². The molecule has 1 aromatic rings. The second-order valence-electron chi connectivity index (χ2n) is 5.14. The highest BCUT2D eigenvalue weighted by molar-refractivity contribution is 5.80. The Hall–Kier alpha value is -1.36. The van der Waals surface area contributed by atoms with Gasteiger partial charge in [-0.05, 0) is 39.8 Å². The van der Waals surface area contributed by atoms with Crippen LogP contribution in [0.4, 0.5) is 0 Å². The van der Waals surface area contributed by atoms with Gasteiger partial charge in [0.2, 0.25) is 5.91 Å². The summed E-state index contributed by atoms with van der Waals surface area (Å²) in [6, 6.07) is 2.09. The minimum atomic E-state index is -0.232. The number of aryl methyl sites for hydroxylation is 2. The highest BCUT2D eigenvalue weighted by Crippen LogP contribution is 2.16. The molecule has 0 saturated carbocycles. The minimum absolute atomic E-state index is 0.134. The number of nitrogens with zero attached hydrogens (tertiary/aromatic N) is 3. The molecule has 100 valence electrons. The molecule has 1 saturated heterocycles. The van der Waals surface area contributed by atoms with E-state index in [1.54, 1.807) is 0 Å². The van der Waals surface area contributed by atoms with Crippen LogP contribution < -0.4 is 5.32 Å². The Morgan fingerprint density at radius 2 is 2.33 bits per heavy atom. The molecule has 1 amide bonds. The Bertz CT molecular complexity index is 434. The van der Waals surface area contributed by atoms with Crippen LogP contribution in [0.2, 0.25) is 0 Å². The predicted octanol–water partition coefficient (Wildman–Crippen LogP) is 0.881. The molecule has 1 fully saturated rings. The Morgan fingerprint density at radius 1 is 1.61 bits per heavy atom. The van der Waals surface area contributed by atoms with Crippen LogP contribution in [0.5, 0.6) is 0 Å². The monoisotopic (exact) mass is 250 g/mol. The molecule has 0 unspecified atom stereocenters. The van der Waals surface area contributed by atoms with E-state index < -0.39 is 0 Å². The number of aromatic nitrogens is 2. The lowest BCUT2D eigenvalue weighted by Gasteiger charge is -2.27. The summed E-state index contributed by atoms with van der Waals surface area (Å²) < 4.78 is 1.82. The van der Waals surface area contributed by atoms with Gasteiger partial charge in [-0.25, -0.2) is 0 Å². The number of likely N-dealkylation sites (N-methyl/N-ethyl adjacent to an activating group) is 1. The van der Waals surface area contributed by atoms with Crippen LogP contribution in [0, 0.1) is 13.8 Å². The molecule has 0 radical (unpaired) electrons. The third-order valence-corrected chi connectivity index (χ3v) is 3.70. The first-order chi connectivity index (χ1) is 8.50. The Morgan fingerprint density at radius 3 is 2.83 bits per heavy atom. The van der Waals surface area contributed by atoms with Crippen LogP contribution in [0.1, 0.15) is 30.8 Å². The van der Waals surface area contributed by atoms with Crippen molar-refractivity contribution in [1.82, 2.24) is 20.0 Å². The lowest BCUT2D eigenvalue weighted by Crippen LogP contribution is -2.42. The van der Waals surface area contributed by atoms with Crippen molar-refractivity contribution >= 4 is 5.91 Å². The van der Waals surface area contributed by atoms with Gasteiger partial charge in [0.25, 0.3) is 0 Å². The second kappa shape index (κ2) is 5.10. The van der Waals surface area contributed by atoms with Crippen molar-refractivity contribution in [1.29, 1.82) is 0 Å². The molecular weight excluding hydrogens is 228 g/mol. The van der Waals surface area contributed by atoms with Gasteiger partial charge in [0.15, 0.2) is 0 Å². The summed E-state index contributed by atoms with van der Waals surface area (Å²) in [5.74, 6) is 0.134. The molecule has 1 aromatic heterocycles. The fourth-order valence-electron chi connectivity index (χ4n) is 2.59. The van der Waals surface area contributed by atoms with Crippen molar-refractivity contribution in [3.63, 3.8) is 0 Å². The van der Waals surface area contributed by atoms with E-state index in [9.17, 15) is 4.79 Å². The third-order valence-electron chi connectivity index (χ3n) is 3.70. The third kappa shape index (κ3) is 2.41. The van der Waals surface area contributed by atoms with E-state index in [2.05, 4.69) is 10.4 Å². The standard InChI is InChI=1S/C13H22N4O/c1-9-7-10(2)17(15-9)11(3)13(18)16(4)12-5-6-14-8-12/h7,11-12,14H,5-6,8H2,1-4H3/t11-,12-/m0/s1. The molecule has 5 heteroatoms. The highest BCUT2D eigenvalue weighted by atomic mass is 16.2. The summed E-state index contributed by atoms with van der Waals surface area (Å²) in [5.41, 5.74) is 1.99.